The molecule has 0 atom stereocenters. The van der Waals surface area contributed by atoms with E-state index in [1.54, 1.807) is 18.2 Å². The minimum atomic E-state index is -0.266. The highest BCUT2D eigenvalue weighted by Gasteiger charge is 2.17. The predicted octanol–water partition coefficient (Wildman–Crippen LogP) is 1.45. The summed E-state index contributed by atoms with van der Waals surface area (Å²) in [6, 6.07) is 6.97. The van der Waals surface area contributed by atoms with E-state index in [1.165, 1.54) is 14.2 Å². The van der Waals surface area contributed by atoms with Gasteiger partial charge in [-0.15, -0.1) is 0 Å². The lowest BCUT2D eigenvalue weighted by Gasteiger charge is -2.28. The summed E-state index contributed by atoms with van der Waals surface area (Å²) >= 11 is 0. The number of nitrogens with zero attached hydrogens (tertiary/aromatic N) is 3. The number of para-hydroxylation sites is 1. The van der Waals surface area contributed by atoms with E-state index < -0.39 is 0 Å². The van der Waals surface area contributed by atoms with Crippen LogP contribution in [0.3, 0.4) is 0 Å². The second-order valence-corrected chi connectivity index (χ2v) is 6.36. The molecule has 29 heavy (non-hydrogen) atoms. The number of hydrogen-bond acceptors (Lipinski definition) is 8. The Hall–Kier alpha value is -3.07. The number of anilines is 1. The van der Waals surface area contributed by atoms with Gasteiger partial charge in [0.15, 0.2) is 11.5 Å². The number of rotatable bonds is 8. The van der Waals surface area contributed by atoms with Gasteiger partial charge in [-0.1, -0.05) is 6.07 Å². The van der Waals surface area contributed by atoms with Crippen molar-refractivity contribution in [3.8, 4) is 17.4 Å². The normalized spacial score (nSPS) is 13.7. The van der Waals surface area contributed by atoms with Crippen molar-refractivity contribution in [1.29, 1.82) is 0 Å². The van der Waals surface area contributed by atoms with Crippen molar-refractivity contribution in [2.24, 2.45) is 0 Å². The van der Waals surface area contributed by atoms with Gasteiger partial charge in [-0.3, -0.25) is 4.79 Å². The van der Waals surface area contributed by atoms with Crippen LogP contribution in [0.2, 0.25) is 0 Å². The Morgan fingerprint density at radius 3 is 2.72 bits per heavy atom. The van der Waals surface area contributed by atoms with Gasteiger partial charge in [0.2, 0.25) is 5.88 Å². The van der Waals surface area contributed by atoms with Crippen molar-refractivity contribution < 1.29 is 23.7 Å². The summed E-state index contributed by atoms with van der Waals surface area (Å²) in [7, 11) is 3.03. The predicted molar refractivity (Wildman–Crippen MR) is 107 cm³/mol. The molecule has 0 aliphatic carbocycles. The zero-order chi connectivity index (χ0) is 20.6. The van der Waals surface area contributed by atoms with Gasteiger partial charge in [-0.2, -0.15) is 4.98 Å². The molecule has 2 aromatic rings. The maximum absolute atomic E-state index is 12.5. The third-order valence-electron chi connectivity index (χ3n) is 4.42. The number of morpholine rings is 1. The summed E-state index contributed by atoms with van der Waals surface area (Å²) < 4.78 is 21.6. The number of aryl methyl sites for hydroxylation is 1. The number of benzene rings is 1. The maximum Gasteiger partial charge on any atom is 0.255 e. The third-order valence-corrected chi connectivity index (χ3v) is 4.42. The monoisotopic (exact) mass is 402 g/mol. The standard InChI is InChI=1S/C20H26N4O5/c1-14-22-17(24-8-11-28-12-9-24)13-18(23-14)29-10-7-21-20(25)15-5-4-6-16(26-2)19(15)27-3/h4-6,13H,7-12H2,1-3H3,(H,21,25). The molecule has 1 fully saturated rings. The number of aromatic nitrogens is 2. The van der Waals surface area contributed by atoms with Crippen molar-refractivity contribution in [1.82, 2.24) is 15.3 Å². The van der Waals surface area contributed by atoms with Crippen LogP contribution in [0.5, 0.6) is 17.4 Å². The topological polar surface area (TPSA) is 95.0 Å². The Balaban J connectivity index is 1.55. The van der Waals surface area contributed by atoms with Gasteiger partial charge in [0, 0.05) is 19.2 Å². The molecule has 0 bridgehead atoms. The van der Waals surface area contributed by atoms with E-state index in [1.807, 2.05) is 13.0 Å². The minimum absolute atomic E-state index is 0.266. The van der Waals surface area contributed by atoms with Gasteiger partial charge in [0.1, 0.15) is 18.2 Å². The molecule has 1 aliphatic heterocycles. The average Bonchev–Trinajstić information content (AvgIpc) is 2.76. The first kappa shape index (κ1) is 20.7. The number of hydrogen-bond donors (Lipinski definition) is 1. The minimum Gasteiger partial charge on any atom is -0.493 e. The van der Waals surface area contributed by atoms with Gasteiger partial charge >= 0.3 is 0 Å². The average molecular weight is 402 g/mol. The van der Waals surface area contributed by atoms with Crippen molar-refractivity contribution in [3.05, 3.63) is 35.7 Å². The van der Waals surface area contributed by atoms with Gasteiger partial charge in [-0.25, -0.2) is 4.98 Å². The molecule has 0 radical (unpaired) electrons. The summed E-state index contributed by atoms with van der Waals surface area (Å²) in [5, 5.41) is 2.82. The smallest absolute Gasteiger partial charge is 0.255 e. The number of amides is 1. The summed E-state index contributed by atoms with van der Waals surface area (Å²) in [6.07, 6.45) is 0. The fourth-order valence-electron chi connectivity index (χ4n) is 3.03. The molecule has 1 aromatic heterocycles. The second-order valence-electron chi connectivity index (χ2n) is 6.36. The molecule has 1 amide bonds. The summed E-state index contributed by atoms with van der Waals surface area (Å²) in [5.74, 6) is 2.57. The highest BCUT2D eigenvalue weighted by atomic mass is 16.5. The molecule has 0 spiro atoms. The largest absolute Gasteiger partial charge is 0.493 e. The van der Waals surface area contributed by atoms with E-state index in [4.69, 9.17) is 18.9 Å². The van der Waals surface area contributed by atoms with Gasteiger partial charge in [0.05, 0.1) is 39.5 Å². The van der Waals surface area contributed by atoms with Crippen molar-refractivity contribution >= 4 is 11.7 Å². The van der Waals surface area contributed by atoms with Gasteiger partial charge < -0.3 is 29.2 Å². The van der Waals surface area contributed by atoms with Crippen molar-refractivity contribution in [3.63, 3.8) is 0 Å². The molecular weight excluding hydrogens is 376 g/mol. The Bertz CT molecular complexity index is 840. The number of carbonyl (C=O) groups excluding carboxylic acids is 1. The van der Waals surface area contributed by atoms with Crippen molar-refractivity contribution in [2.45, 2.75) is 6.92 Å². The molecule has 0 unspecified atom stereocenters. The Labute approximate surface area is 169 Å². The Morgan fingerprint density at radius 2 is 2.00 bits per heavy atom. The first-order chi connectivity index (χ1) is 14.1. The molecule has 1 aliphatic rings. The zero-order valence-electron chi connectivity index (χ0n) is 16.9. The lowest BCUT2D eigenvalue weighted by molar-refractivity contribution is 0.0943. The molecule has 1 saturated heterocycles. The van der Waals surface area contributed by atoms with Gasteiger partial charge in [0.25, 0.3) is 5.91 Å². The van der Waals surface area contributed by atoms with Crippen LogP contribution in [0.15, 0.2) is 24.3 Å². The molecule has 9 nitrogen and oxygen atoms in total. The van der Waals surface area contributed by atoms with Crippen LogP contribution < -0.4 is 24.4 Å². The van der Waals surface area contributed by atoms with E-state index in [-0.39, 0.29) is 12.5 Å². The van der Waals surface area contributed by atoms with Crippen LogP contribution in [-0.4, -0.2) is 69.5 Å². The highest BCUT2D eigenvalue weighted by Crippen LogP contribution is 2.30. The van der Waals surface area contributed by atoms with Crippen LogP contribution in [0.25, 0.3) is 0 Å². The Morgan fingerprint density at radius 1 is 1.21 bits per heavy atom. The van der Waals surface area contributed by atoms with Crippen molar-refractivity contribution in [2.75, 3.05) is 58.6 Å². The molecular formula is C20H26N4O5. The van der Waals surface area contributed by atoms with Crippen LogP contribution in [0.4, 0.5) is 5.82 Å². The first-order valence-electron chi connectivity index (χ1n) is 9.42. The van der Waals surface area contributed by atoms with Crippen LogP contribution in [0, 0.1) is 6.92 Å². The maximum atomic E-state index is 12.5. The molecule has 1 aromatic carbocycles. The quantitative estimate of drug-likeness (QED) is 0.663. The molecule has 0 saturated carbocycles. The number of nitrogens with one attached hydrogen (secondary N) is 1. The SMILES string of the molecule is COc1cccc(C(=O)NCCOc2cc(N3CCOCC3)nc(C)n2)c1OC. The number of ether oxygens (including phenoxy) is 4. The summed E-state index contributed by atoms with van der Waals surface area (Å²) in [4.78, 5) is 23.4. The fraction of sp³-hybridized carbons (Fsp3) is 0.450. The first-order valence-corrected chi connectivity index (χ1v) is 9.42. The second kappa shape index (κ2) is 9.92. The number of carbonyl (C=O) groups is 1. The summed E-state index contributed by atoms with van der Waals surface area (Å²) in [5.41, 5.74) is 0.402. The summed E-state index contributed by atoms with van der Waals surface area (Å²) in [6.45, 7) is 5.35. The molecule has 1 N–H and O–H groups in total. The lowest BCUT2D eigenvalue weighted by atomic mass is 10.1. The molecule has 156 valence electrons. The van der Waals surface area contributed by atoms with Crippen LogP contribution in [-0.2, 0) is 4.74 Å². The van der Waals surface area contributed by atoms with E-state index in [9.17, 15) is 4.79 Å². The van der Waals surface area contributed by atoms with Crippen LogP contribution in [0.1, 0.15) is 16.2 Å². The van der Waals surface area contributed by atoms with Gasteiger partial charge in [-0.05, 0) is 19.1 Å². The third kappa shape index (κ3) is 5.26. The Kier molecular flexibility index (Phi) is 7.07. The van der Waals surface area contributed by atoms with E-state index >= 15 is 0 Å². The van der Waals surface area contributed by atoms with Crippen LogP contribution >= 0.6 is 0 Å². The van der Waals surface area contributed by atoms with E-state index in [0.717, 1.165) is 18.9 Å². The zero-order valence-corrected chi connectivity index (χ0v) is 16.9. The van der Waals surface area contributed by atoms with E-state index in [0.29, 0.717) is 48.5 Å². The fourth-order valence-corrected chi connectivity index (χ4v) is 3.03. The highest BCUT2D eigenvalue weighted by molar-refractivity contribution is 5.97. The number of methoxy groups -OCH3 is 2. The molecule has 3 rings (SSSR count). The molecule has 9 heteroatoms. The lowest BCUT2D eigenvalue weighted by Crippen LogP contribution is -2.37. The van der Waals surface area contributed by atoms with E-state index in [2.05, 4.69) is 20.2 Å². The molecule has 2 heterocycles.